The van der Waals surface area contributed by atoms with Crippen LogP contribution in [0.2, 0.25) is 0 Å². The zero-order chi connectivity index (χ0) is 3.41. The Bertz CT molecular complexity index is 35.8. The fourth-order valence-corrected chi connectivity index (χ4v) is 0. The zero-order valence-corrected chi connectivity index (χ0v) is 3.12. The molecule has 0 rings (SSSR count). The van der Waals surface area contributed by atoms with Crippen LogP contribution in [0.3, 0.4) is 0 Å². The lowest BCUT2D eigenvalue weighted by Crippen LogP contribution is -1.19. The average Bonchev–Trinajstić information content (AvgIpc) is 1.37. The van der Waals surface area contributed by atoms with Crippen LogP contribution in [0.15, 0.2) is 0 Å². The van der Waals surface area contributed by atoms with Gasteiger partial charge in [-0.3, -0.25) is 0 Å². The summed E-state index contributed by atoms with van der Waals surface area (Å²) in [6, 6.07) is 0. The Morgan fingerprint density at radius 3 is 2.25 bits per heavy atom. The molecule has 0 aliphatic heterocycles. The predicted molar refractivity (Wildman–Crippen MR) is 18.6 cm³/mol. The molecule has 0 saturated heterocycles. The third kappa shape index (κ3) is 1.77. The lowest BCUT2D eigenvalue weighted by Gasteiger charge is -1.23. The summed E-state index contributed by atoms with van der Waals surface area (Å²) in [5.41, 5.74) is 0. The summed E-state index contributed by atoms with van der Waals surface area (Å²) in [4.78, 5) is 0. The highest BCUT2D eigenvalue weighted by Crippen LogP contribution is 1.86. The van der Waals surface area contributed by atoms with Crippen LogP contribution >= 0.6 is 11.9 Å². The smallest absolute Gasteiger partial charge is 0.0707 e. The van der Waals surface area contributed by atoms with E-state index in [1.54, 1.807) is 6.26 Å². The standard InChI is InChI=1S/CH3N2S/c1-4-3-2/h1H3/q+1. The van der Waals surface area contributed by atoms with Gasteiger partial charge in [0.05, 0.1) is 6.26 Å². The van der Waals surface area contributed by atoms with Crippen molar-refractivity contribution < 1.29 is 0 Å². The number of hydrogen-bond donors (Lipinski definition) is 0. The molecule has 0 fully saturated rings. The van der Waals surface area contributed by atoms with E-state index < -0.39 is 0 Å². The lowest BCUT2D eigenvalue weighted by molar-refractivity contribution is 1.52. The van der Waals surface area contributed by atoms with E-state index in [2.05, 4.69) is 4.38 Å². The van der Waals surface area contributed by atoms with Crippen LogP contribution < -0.4 is 0 Å². The first-order valence-electron chi connectivity index (χ1n) is 0.791. The Kier molecular flexibility index (Phi) is 2.61. The minimum Gasteiger partial charge on any atom is 0.0707 e. The Morgan fingerprint density at radius 1 is 2.00 bits per heavy atom. The maximum Gasteiger partial charge on any atom is 0.354 e. The van der Waals surface area contributed by atoms with Crippen molar-refractivity contribution in [1.29, 1.82) is 5.39 Å². The molecule has 0 aliphatic carbocycles. The molecule has 0 aromatic rings. The third-order valence-electron chi connectivity index (χ3n) is 0.0816. The third-order valence-corrected chi connectivity index (χ3v) is 0.245. The van der Waals surface area contributed by atoms with Gasteiger partial charge in [0.2, 0.25) is 9.77 Å². The van der Waals surface area contributed by atoms with Gasteiger partial charge in [0.25, 0.3) is 0 Å². The number of hydrogen-bond acceptors (Lipinski definition) is 2. The second kappa shape index (κ2) is 2.77. The molecule has 3 heteroatoms. The summed E-state index contributed by atoms with van der Waals surface area (Å²) in [5, 5.41) is 7.46. The molecule has 0 aliphatic rings. The second-order valence-electron chi connectivity index (χ2n) is 0.264. The van der Waals surface area contributed by atoms with Gasteiger partial charge in [0.15, 0.2) is 0 Å². The van der Waals surface area contributed by atoms with E-state index in [0.717, 1.165) is 11.9 Å². The maximum absolute atomic E-state index is 7.46. The first kappa shape index (κ1) is 3.77. The summed E-state index contributed by atoms with van der Waals surface area (Å²) < 4.78 is 2.65. The Hall–Kier alpha value is -0.230. The molecule has 22 valence electrons. The number of nitrogens with zero attached hydrogens (tertiary/aromatic N) is 2. The Morgan fingerprint density at radius 2 is 2.25 bits per heavy atom. The van der Waals surface area contributed by atoms with E-state index in [1.165, 1.54) is 0 Å². The van der Waals surface area contributed by atoms with Gasteiger partial charge in [0.1, 0.15) is 0 Å². The van der Waals surface area contributed by atoms with Gasteiger partial charge in [-0.15, -0.1) is 0 Å². The summed E-state index contributed by atoms with van der Waals surface area (Å²) >= 11 is 1.04. The molecule has 0 bridgehead atoms. The fraction of sp³-hybridized carbons (Fsp3) is 1.00. The largest absolute Gasteiger partial charge is 0.354 e. The van der Waals surface area contributed by atoms with E-state index in [1.807, 2.05) is 0 Å². The van der Waals surface area contributed by atoms with Crippen molar-refractivity contribution in [3.63, 3.8) is 0 Å². The molecular formula is CH3N2S+. The van der Waals surface area contributed by atoms with Crippen LogP contribution in [0.1, 0.15) is 0 Å². The molecule has 0 radical (unpaired) electrons. The van der Waals surface area contributed by atoms with Crippen LogP contribution in [0, 0.1) is 5.39 Å². The molecule has 0 N–H and O–H groups in total. The Labute approximate surface area is 29.0 Å². The molecule has 0 amide bonds. The SMILES string of the molecule is CS[N+]#N. The quantitative estimate of drug-likeness (QED) is 0.319. The molecule has 0 aromatic heterocycles. The predicted octanol–water partition coefficient (Wildman–Crippen LogP) is 1.12. The molecule has 0 unspecified atom stereocenters. The normalized spacial score (nSPS) is 5.00. The van der Waals surface area contributed by atoms with Crippen LogP contribution in [0.4, 0.5) is 0 Å². The highest BCUT2D eigenvalue weighted by atomic mass is 32.2. The maximum atomic E-state index is 7.46. The molecule has 0 aromatic carbocycles. The van der Waals surface area contributed by atoms with Crippen LogP contribution in [-0.2, 0) is 0 Å². The first-order valence-corrected chi connectivity index (χ1v) is 1.97. The summed E-state index contributed by atoms with van der Waals surface area (Å²) in [6.45, 7) is 0. The van der Waals surface area contributed by atoms with Gasteiger partial charge in [0, 0.05) is 0 Å². The number of diazo groups is 1. The zero-order valence-electron chi connectivity index (χ0n) is 2.30. The molecule has 0 heterocycles. The van der Waals surface area contributed by atoms with Crippen molar-refractivity contribution in [3.05, 3.63) is 4.38 Å². The van der Waals surface area contributed by atoms with Crippen molar-refractivity contribution in [2.75, 3.05) is 6.26 Å². The van der Waals surface area contributed by atoms with Gasteiger partial charge in [-0.25, -0.2) is 0 Å². The monoisotopic (exact) mass is 75.0 g/mol. The van der Waals surface area contributed by atoms with E-state index in [9.17, 15) is 0 Å². The molecule has 4 heavy (non-hydrogen) atoms. The van der Waals surface area contributed by atoms with Crippen molar-refractivity contribution in [2.45, 2.75) is 0 Å². The van der Waals surface area contributed by atoms with Crippen molar-refractivity contribution in [3.8, 4) is 0 Å². The fourth-order valence-electron chi connectivity index (χ4n) is 0. The summed E-state index contributed by atoms with van der Waals surface area (Å²) in [7, 11) is 0. The van der Waals surface area contributed by atoms with Gasteiger partial charge >= 0.3 is 11.9 Å². The molecule has 0 spiro atoms. The second-order valence-corrected chi connectivity index (χ2v) is 0.793. The Balaban J connectivity index is 2.43. The van der Waals surface area contributed by atoms with Gasteiger partial charge in [-0.05, 0) is 0 Å². The average molecular weight is 75.1 g/mol. The summed E-state index contributed by atoms with van der Waals surface area (Å²) in [5.74, 6) is 0. The van der Waals surface area contributed by atoms with Crippen molar-refractivity contribution >= 4 is 11.9 Å². The van der Waals surface area contributed by atoms with Crippen LogP contribution in [0.5, 0.6) is 0 Å². The lowest BCUT2D eigenvalue weighted by atomic mass is 12.0. The van der Waals surface area contributed by atoms with Crippen molar-refractivity contribution in [2.24, 2.45) is 0 Å². The minimum absolute atomic E-state index is 1.04. The van der Waals surface area contributed by atoms with Crippen molar-refractivity contribution in [1.82, 2.24) is 0 Å². The topological polar surface area (TPSA) is 28.1 Å². The van der Waals surface area contributed by atoms with Gasteiger partial charge in [-0.1, -0.05) is 0 Å². The molecule has 0 atom stereocenters. The summed E-state index contributed by atoms with van der Waals surface area (Å²) in [6.07, 6.45) is 1.68. The van der Waals surface area contributed by atoms with Crippen LogP contribution in [0.25, 0.3) is 4.38 Å². The molecule has 0 saturated carbocycles. The van der Waals surface area contributed by atoms with E-state index in [4.69, 9.17) is 5.39 Å². The number of rotatable bonds is 0. The van der Waals surface area contributed by atoms with Crippen LogP contribution in [-0.4, -0.2) is 6.26 Å². The molecular weight excluding hydrogens is 72.1 g/mol. The molecule has 2 nitrogen and oxygen atoms in total. The first-order chi connectivity index (χ1) is 1.91. The van der Waals surface area contributed by atoms with E-state index in [-0.39, 0.29) is 0 Å². The highest BCUT2D eigenvalue weighted by Gasteiger charge is 1.73. The van der Waals surface area contributed by atoms with Gasteiger partial charge < -0.3 is 0 Å². The van der Waals surface area contributed by atoms with Gasteiger partial charge in [-0.2, -0.15) is 0 Å². The van der Waals surface area contributed by atoms with E-state index >= 15 is 0 Å². The minimum atomic E-state index is 1.04. The highest BCUT2D eigenvalue weighted by molar-refractivity contribution is 8.00. The van der Waals surface area contributed by atoms with E-state index in [0.29, 0.717) is 0 Å².